The molecule has 3 rings (SSSR count). The number of thioether (sulfide) groups is 1. The SMILES string of the molecule is C=CCSc1nc2ccccc2c(=O)n1-c1ccc(C#N)cc1. The van der Waals surface area contributed by atoms with Crippen molar-refractivity contribution in [3.8, 4) is 11.8 Å². The largest absolute Gasteiger partial charge is 0.268 e. The predicted molar refractivity (Wildman–Crippen MR) is 93.0 cm³/mol. The molecule has 0 saturated carbocycles. The van der Waals surface area contributed by atoms with E-state index < -0.39 is 0 Å². The molecule has 112 valence electrons. The van der Waals surface area contributed by atoms with Crippen molar-refractivity contribution in [2.75, 3.05) is 5.75 Å². The number of nitrogens with zero attached hydrogens (tertiary/aromatic N) is 3. The van der Waals surface area contributed by atoms with E-state index in [2.05, 4.69) is 17.6 Å². The van der Waals surface area contributed by atoms with E-state index in [1.165, 1.54) is 11.8 Å². The molecule has 4 nitrogen and oxygen atoms in total. The molecule has 2 aromatic carbocycles. The lowest BCUT2D eigenvalue weighted by atomic mass is 10.2. The quantitative estimate of drug-likeness (QED) is 0.419. The van der Waals surface area contributed by atoms with Crippen molar-refractivity contribution in [2.45, 2.75) is 5.16 Å². The molecule has 0 unspecified atom stereocenters. The van der Waals surface area contributed by atoms with Gasteiger partial charge >= 0.3 is 0 Å². The van der Waals surface area contributed by atoms with Gasteiger partial charge in [-0.2, -0.15) is 5.26 Å². The highest BCUT2D eigenvalue weighted by Gasteiger charge is 2.12. The number of benzene rings is 2. The standard InChI is InChI=1S/C18H13N3OS/c1-2-11-23-18-20-16-6-4-3-5-15(16)17(22)21(18)14-9-7-13(12-19)8-10-14/h2-10H,1,11H2. The number of para-hydroxylation sites is 1. The molecule has 0 aliphatic heterocycles. The summed E-state index contributed by atoms with van der Waals surface area (Å²) in [5, 5.41) is 10.1. The Hall–Kier alpha value is -2.84. The minimum atomic E-state index is -0.119. The third kappa shape index (κ3) is 2.89. The zero-order valence-electron chi connectivity index (χ0n) is 12.3. The second kappa shape index (κ2) is 6.51. The number of hydrogen-bond donors (Lipinski definition) is 0. The van der Waals surface area contributed by atoms with Crippen LogP contribution in [0, 0.1) is 11.3 Å². The topological polar surface area (TPSA) is 58.7 Å². The van der Waals surface area contributed by atoms with E-state index in [9.17, 15) is 4.79 Å². The Kier molecular flexibility index (Phi) is 4.26. The van der Waals surface area contributed by atoms with Crippen LogP contribution in [0.15, 0.2) is 71.1 Å². The Labute approximate surface area is 137 Å². The molecule has 0 radical (unpaired) electrons. The first-order valence-electron chi connectivity index (χ1n) is 7.00. The molecule has 5 heteroatoms. The fourth-order valence-corrected chi connectivity index (χ4v) is 3.00. The van der Waals surface area contributed by atoms with E-state index in [0.717, 1.165) is 0 Å². The number of rotatable bonds is 4. The summed E-state index contributed by atoms with van der Waals surface area (Å²) in [4.78, 5) is 17.5. The second-order valence-corrected chi connectivity index (χ2v) is 5.80. The fraction of sp³-hybridized carbons (Fsp3) is 0.0556. The summed E-state index contributed by atoms with van der Waals surface area (Å²) in [5.41, 5.74) is 1.80. The van der Waals surface area contributed by atoms with Crippen LogP contribution in [0.1, 0.15) is 5.56 Å². The average molecular weight is 319 g/mol. The van der Waals surface area contributed by atoms with Crippen LogP contribution in [0.5, 0.6) is 0 Å². The monoisotopic (exact) mass is 319 g/mol. The molecule has 0 bridgehead atoms. The highest BCUT2D eigenvalue weighted by atomic mass is 32.2. The van der Waals surface area contributed by atoms with E-state index in [-0.39, 0.29) is 5.56 Å². The van der Waals surface area contributed by atoms with E-state index in [1.54, 1.807) is 41.0 Å². The molecule has 3 aromatic rings. The van der Waals surface area contributed by atoms with Gasteiger partial charge < -0.3 is 0 Å². The Morgan fingerprint density at radius 3 is 2.65 bits per heavy atom. The molecular weight excluding hydrogens is 306 g/mol. The van der Waals surface area contributed by atoms with Gasteiger partial charge in [0.25, 0.3) is 5.56 Å². The van der Waals surface area contributed by atoms with Crippen LogP contribution < -0.4 is 5.56 Å². The maximum atomic E-state index is 12.9. The molecule has 1 aromatic heterocycles. The van der Waals surface area contributed by atoms with Crippen molar-refractivity contribution in [1.82, 2.24) is 9.55 Å². The van der Waals surface area contributed by atoms with Crippen LogP contribution in [-0.4, -0.2) is 15.3 Å². The van der Waals surface area contributed by atoms with E-state index in [4.69, 9.17) is 5.26 Å². The van der Waals surface area contributed by atoms with E-state index >= 15 is 0 Å². The lowest BCUT2D eigenvalue weighted by Gasteiger charge is -2.12. The van der Waals surface area contributed by atoms with Gasteiger partial charge in [0.1, 0.15) is 0 Å². The van der Waals surface area contributed by atoms with Crippen LogP contribution >= 0.6 is 11.8 Å². The summed E-state index contributed by atoms with van der Waals surface area (Å²) in [6, 6.07) is 16.3. The predicted octanol–water partition coefficient (Wildman–Crippen LogP) is 3.54. The van der Waals surface area contributed by atoms with Gasteiger partial charge in [-0.1, -0.05) is 30.0 Å². The first kappa shape index (κ1) is 15.1. The van der Waals surface area contributed by atoms with Crippen LogP contribution in [0.25, 0.3) is 16.6 Å². The molecule has 0 amide bonds. The fourth-order valence-electron chi connectivity index (χ4n) is 2.26. The van der Waals surface area contributed by atoms with Crippen molar-refractivity contribution in [3.05, 3.63) is 77.1 Å². The molecule has 1 heterocycles. The minimum absolute atomic E-state index is 0.119. The Bertz CT molecular complexity index is 968. The van der Waals surface area contributed by atoms with Crippen LogP contribution in [0.4, 0.5) is 0 Å². The molecule has 0 aliphatic rings. The smallest absolute Gasteiger partial charge is 0.266 e. The third-order valence-corrected chi connectivity index (χ3v) is 4.26. The normalized spacial score (nSPS) is 10.4. The lowest BCUT2D eigenvalue weighted by molar-refractivity contribution is 0.821. The van der Waals surface area contributed by atoms with Gasteiger partial charge in [0.05, 0.1) is 28.2 Å². The number of nitriles is 1. The molecule has 0 saturated heterocycles. The van der Waals surface area contributed by atoms with Crippen molar-refractivity contribution < 1.29 is 0 Å². The Morgan fingerprint density at radius 1 is 1.22 bits per heavy atom. The summed E-state index contributed by atoms with van der Waals surface area (Å²) < 4.78 is 1.58. The van der Waals surface area contributed by atoms with Gasteiger partial charge in [0.2, 0.25) is 0 Å². The van der Waals surface area contributed by atoms with Gasteiger partial charge in [-0.05, 0) is 36.4 Å². The van der Waals surface area contributed by atoms with Crippen molar-refractivity contribution in [1.29, 1.82) is 5.26 Å². The van der Waals surface area contributed by atoms with Gasteiger partial charge in [0, 0.05) is 5.75 Å². The maximum Gasteiger partial charge on any atom is 0.266 e. The number of fused-ring (bicyclic) bond motifs is 1. The Morgan fingerprint density at radius 2 is 1.96 bits per heavy atom. The van der Waals surface area contributed by atoms with Crippen LogP contribution in [0.2, 0.25) is 0 Å². The minimum Gasteiger partial charge on any atom is -0.268 e. The lowest BCUT2D eigenvalue weighted by Crippen LogP contribution is -2.21. The highest BCUT2D eigenvalue weighted by Crippen LogP contribution is 2.21. The zero-order chi connectivity index (χ0) is 16.2. The van der Waals surface area contributed by atoms with Gasteiger partial charge in [0.15, 0.2) is 5.16 Å². The average Bonchev–Trinajstić information content (AvgIpc) is 2.60. The van der Waals surface area contributed by atoms with Gasteiger partial charge in [-0.15, -0.1) is 6.58 Å². The molecule has 0 aliphatic carbocycles. The molecule has 23 heavy (non-hydrogen) atoms. The van der Waals surface area contributed by atoms with Gasteiger partial charge in [-0.3, -0.25) is 9.36 Å². The maximum absolute atomic E-state index is 12.9. The van der Waals surface area contributed by atoms with Crippen LogP contribution in [0.3, 0.4) is 0 Å². The summed E-state index contributed by atoms with van der Waals surface area (Å²) >= 11 is 1.45. The first-order valence-corrected chi connectivity index (χ1v) is 7.99. The molecular formula is C18H13N3OS. The number of aromatic nitrogens is 2. The van der Waals surface area contributed by atoms with Gasteiger partial charge in [-0.25, -0.2) is 4.98 Å². The highest BCUT2D eigenvalue weighted by molar-refractivity contribution is 7.99. The van der Waals surface area contributed by atoms with E-state index in [0.29, 0.717) is 33.1 Å². The molecule has 0 fully saturated rings. The third-order valence-electron chi connectivity index (χ3n) is 3.33. The zero-order valence-corrected chi connectivity index (χ0v) is 13.1. The summed E-state index contributed by atoms with van der Waals surface area (Å²) in [5.74, 6) is 0.654. The second-order valence-electron chi connectivity index (χ2n) is 4.81. The first-order chi connectivity index (χ1) is 11.2. The van der Waals surface area contributed by atoms with Crippen molar-refractivity contribution in [3.63, 3.8) is 0 Å². The molecule has 0 N–H and O–H groups in total. The molecule has 0 atom stereocenters. The summed E-state index contributed by atoms with van der Waals surface area (Å²) in [6.07, 6.45) is 1.77. The Balaban J connectivity index is 2.27. The summed E-state index contributed by atoms with van der Waals surface area (Å²) in [7, 11) is 0. The van der Waals surface area contributed by atoms with Crippen LogP contribution in [-0.2, 0) is 0 Å². The van der Waals surface area contributed by atoms with Crippen molar-refractivity contribution >= 4 is 22.7 Å². The summed E-state index contributed by atoms with van der Waals surface area (Å²) in [6.45, 7) is 3.71. The number of hydrogen-bond acceptors (Lipinski definition) is 4. The van der Waals surface area contributed by atoms with Crippen molar-refractivity contribution in [2.24, 2.45) is 0 Å². The van der Waals surface area contributed by atoms with E-state index in [1.807, 2.05) is 18.2 Å². The molecule has 0 spiro atoms.